The number of aryl methyl sites for hydroxylation is 3. The molecule has 0 spiro atoms. The molecule has 0 saturated heterocycles. The van der Waals surface area contributed by atoms with Gasteiger partial charge in [-0.25, -0.2) is 0 Å². The Balaban J connectivity index is 2.29. The highest BCUT2D eigenvalue weighted by atomic mass is 16.4. The zero-order valence-electron chi connectivity index (χ0n) is 11.3. The topological polar surface area (TPSA) is 60.1 Å². The molecule has 2 aromatic rings. The van der Waals surface area contributed by atoms with E-state index in [1.54, 1.807) is 4.68 Å². The van der Waals surface area contributed by atoms with Crippen molar-refractivity contribution in [3.05, 3.63) is 17.0 Å². The minimum absolute atomic E-state index is 0.152. The summed E-state index contributed by atoms with van der Waals surface area (Å²) in [6, 6.07) is 0. The molecule has 2 rings (SSSR count). The summed E-state index contributed by atoms with van der Waals surface area (Å²) in [6.45, 7) is 6.64. The van der Waals surface area contributed by atoms with Crippen LogP contribution in [0, 0.1) is 13.8 Å². The largest absolute Gasteiger partial charge is 0.431 e. The Kier molecular flexibility index (Phi) is 3.41. The first-order valence-electron chi connectivity index (χ1n) is 6.27. The minimum Gasteiger partial charge on any atom is -0.431 e. The molecule has 0 atom stereocenters. The number of hydrogen-bond acceptors (Lipinski definition) is 3. The van der Waals surface area contributed by atoms with Gasteiger partial charge in [-0.15, -0.1) is 5.10 Å². The molecule has 2 aromatic heterocycles. The summed E-state index contributed by atoms with van der Waals surface area (Å²) in [5, 5.41) is 8.04. The summed E-state index contributed by atoms with van der Waals surface area (Å²) < 4.78 is 7.31. The van der Waals surface area contributed by atoms with Gasteiger partial charge in [0.1, 0.15) is 0 Å². The zero-order valence-corrected chi connectivity index (χ0v) is 11.3. The molecule has 2 heterocycles. The number of carbonyl (C=O) groups excluding carboxylic acids is 1. The third kappa shape index (κ3) is 2.00. The second-order valence-corrected chi connectivity index (χ2v) is 4.55. The molecule has 0 fully saturated rings. The van der Waals surface area contributed by atoms with Gasteiger partial charge in [0.15, 0.2) is 5.76 Å². The van der Waals surface area contributed by atoms with Crippen LogP contribution in [0.2, 0.25) is 0 Å². The molecule has 0 saturated carbocycles. The monoisotopic (exact) mass is 249 g/mol. The first-order chi connectivity index (χ1) is 8.56. The zero-order chi connectivity index (χ0) is 13.3. The Morgan fingerprint density at radius 1 is 1.44 bits per heavy atom. The summed E-state index contributed by atoms with van der Waals surface area (Å²) in [6.07, 6.45) is 2.03. The molecule has 0 aliphatic rings. The lowest BCUT2D eigenvalue weighted by atomic mass is 10.1. The van der Waals surface area contributed by atoms with Crippen LogP contribution in [0.5, 0.6) is 0 Å². The standard InChI is InChI=1S/C13H19N3O2/c1-5-6-7-14-12(17)11-8(2)10-9(3)16(4)15-13(10)18-11/h5-7H2,1-4H3,(H,14,17). The second-order valence-electron chi connectivity index (χ2n) is 4.55. The van der Waals surface area contributed by atoms with Gasteiger partial charge < -0.3 is 9.73 Å². The van der Waals surface area contributed by atoms with E-state index in [1.165, 1.54) is 0 Å². The first-order valence-corrected chi connectivity index (χ1v) is 6.27. The predicted molar refractivity (Wildman–Crippen MR) is 69.7 cm³/mol. The van der Waals surface area contributed by atoms with E-state index in [0.29, 0.717) is 18.0 Å². The van der Waals surface area contributed by atoms with Gasteiger partial charge in [-0.05, 0) is 20.3 Å². The molecule has 0 aliphatic heterocycles. The summed E-state index contributed by atoms with van der Waals surface area (Å²) >= 11 is 0. The van der Waals surface area contributed by atoms with Crippen molar-refractivity contribution in [2.45, 2.75) is 33.6 Å². The molecule has 5 heteroatoms. The quantitative estimate of drug-likeness (QED) is 0.846. The van der Waals surface area contributed by atoms with Crippen LogP contribution in [0.25, 0.3) is 11.1 Å². The molecule has 1 amide bonds. The van der Waals surface area contributed by atoms with E-state index >= 15 is 0 Å². The lowest BCUT2D eigenvalue weighted by molar-refractivity contribution is 0.0926. The molecule has 98 valence electrons. The Morgan fingerprint density at radius 2 is 2.17 bits per heavy atom. The SMILES string of the molecule is CCCCNC(=O)c1oc2nn(C)c(C)c2c1C. The molecule has 1 N–H and O–H groups in total. The fraction of sp³-hybridized carbons (Fsp3) is 0.538. The highest BCUT2D eigenvalue weighted by Gasteiger charge is 2.21. The highest BCUT2D eigenvalue weighted by Crippen LogP contribution is 2.27. The number of nitrogens with one attached hydrogen (secondary N) is 1. The summed E-state index contributed by atoms with van der Waals surface area (Å²) in [5.74, 6) is 0.230. The summed E-state index contributed by atoms with van der Waals surface area (Å²) in [4.78, 5) is 12.0. The number of furan rings is 1. The van der Waals surface area contributed by atoms with Crippen molar-refractivity contribution in [3.63, 3.8) is 0 Å². The van der Waals surface area contributed by atoms with Gasteiger partial charge in [-0.1, -0.05) is 13.3 Å². The van der Waals surface area contributed by atoms with Gasteiger partial charge in [0.05, 0.1) is 5.39 Å². The number of unbranched alkanes of at least 4 members (excludes halogenated alkanes) is 1. The van der Waals surface area contributed by atoms with Gasteiger partial charge in [-0.3, -0.25) is 9.48 Å². The Hall–Kier alpha value is -1.78. The highest BCUT2D eigenvalue weighted by molar-refractivity contribution is 5.98. The number of fused-ring (bicyclic) bond motifs is 1. The molecular formula is C13H19N3O2. The lowest BCUT2D eigenvalue weighted by Gasteiger charge is -2.02. The maximum atomic E-state index is 12.0. The van der Waals surface area contributed by atoms with E-state index in [2.05, 4.69) is 17.3 Å². The van der Waals surface area contributed by atoms with Crippen molar-refractivity contribution in [3.8, 4) is 0 Å². The van der Waals surface area contributed by atoms with E-state index < -0.39 is 0 Å². The number of nitrogens with zero attached hydrogens (tertiary/aromatic N) is 2. The van der Waals surface area contributed by atoms with Crippen LogP contribution >= 0.6 is 0 Å². The van der Waals surface area contributed by atoms with E-state index in [9.17, 15) is 4.79 Å². The fourth-order valence-corrected chi connectivity index (χ4v) is 2.04. The van der Waals surface area contributed by atoms with Crippen LogP contribution in [0.4, 0.5) is 0 Å². The third-order valence-electron chi connectivity index (χ3n) is 3.24. The first kappa shape index (κ1) is 12.7. The summed E-state index contributed by atoms with van der Waals surface area (Å²) in [5.41, 5.74) is 2.41. The van der Waals surface area contributed by atoms with E-state index in [-0.39, 0.29) is 5.91 Å². The molecular weight excluding hydrogens is 230 g/mol. The van der Waals surface area contributed by atoms with Crippen molar-refractivity contribution in [1.82, 2.24) is 15.1 Å². The maximum Gasteiger partial charge on any atom is 0.287 e. The molecule has 18 heavy (non-hydrogen) atoms. The number of carbonyl (C=O) groups is 1. The van der Waals surface area contributed by atoms with Crippen LogP contribution in [0.15, 0.2) is 4.42 Å². The lowest BCUT2D eigenvalue weighted by Crippen LogP contribution is -2.24. The van der Waals surface area contributed by atoms with Gasteiger partial charge in [0.25, 0.3) is 5.91 Å². The minimum atomic E-state index is -0.152. The molecule has 0 aliphatic carbocycles. The van der Waals surface area contributed by atoms with Gasteiger partial charge in [0.2, 0.25) is 5.71 Å². The summed E-state index contributed by atoms with van der Waals surface area (Å²) in [7, 11) is 1.87. The Morgan fingerprint density at radius 3 is 2.78 bits per heavy atom. The number of aromatic nitrogens is 2. The average molecular weight is 249 g/mol. The molecule has 0 unspecified atom stereocenters. The van der Waals surface area contributed by atoms with E-state index in [0.717, 1.165) is 29.5 Å². The molecule has 0 aromatic carbocycles. The van der Waals surface area contributed by atoms with Crippen LogP contribution in [0.1, 0.15) is 41.6 Å². The fourth-order valence-electron chi connectivity index (χ4n) is 2.04. The van der Waals surface area contributed by atoms with Crippen LogP contribution in [0.3, 0.4) is 0 Å². The van der Waals surface area contributed by atoms with Crippen LogP contribution < -0.4 is 5.32 Å². The predicted octanol–water partition coefficient (Wildman–Crippen LogP) is 2.31. The Bertz CT molecular complexity index is 581. The van der Waals surface area contributed by atoms with Crippen molar-refractivity contribution in [1.29, 1.82) is 0 Å². The van der Waals surface area contributed by atoms with E-state index in [4.69, 9.17) is 4.42 Å². The van der Waals surface area contributed by atoms with Gasteiger partial charge in [-0.2, -0.15) is 0 Å². The Labute approximate surface area is 106 Å². The average Bonchev–Trinajstić information content (AvgIpc) is 2.79. The number of amides is 1. The third-order valence-corrected chi connectivity index (χ3v) is 3.24. The van der Waals surface area contributed by atoms with Crippen LogP contribution in [-0.2, 0) is 7.05 Å². The van der Waals surface area contributed by atoms with Gasteiger partial charge in [0, 0.05) is 24.8 Å². The smallest absolute Gasteiger partial charge is 0.287 e. The van der Waals surface area contributed by atoms with Crippen molar-refractivity contribution in [2.75, 3.05) is 6.54 Å². The van der Waals surface area contributed by atoms with E-state index in [1.807, 2.05) is 20.9 Å². The van der Waals surface area contributed by atoms with Gasteiger partial charge >= 0.3 is 0 Å². The second kappa shape index (κ2) is 4.84. The van der Waals surface area contributed by atoms with Crippen LogP contribution in [-0.4, -0.2) is 22.2 Å². The molecule has 0 radical (unpaired) electrons. The number of hydrogen-bond donors (Lipinski definition) is 1. The molecule has 0 bridgehead atoms. The van der Waals surface area contributed by atoms with Crippen molar-refractivity contribution < 1.29 is 9.21 Å². The van der Waals surface area contributed by atoms with Crippen molar-refractivity contribution in [2.24, 2.45) is 7.05 Å². The van der Waals surface area contributed by atoms with Crippen molar-refractivity contribution >= 4 is 17.0 Å². The molecule has 5 nitrogen and oxygen atoms in total. The maximum absolute atomic E-state index is 12.0. The normalized spacial score (nSPS) is 11.1. The number of rotatable bonds is 4.